The minimum Gasteiger partial charge on any atom is -0.612 e. The normalized spacial score (nSPS) is 32.0. The van der Waals surface area contributed by atoms with Crippen LogP contribution in [0.3, 0.4) is 0 Å². The molecule has 5 N–H and O–H groups in total. The second-order valence-electron chi connectivity index (χ2n) is 5.21. The van der Waals surface area contributed by atoms with Crippen LogP contribution in [0.2, 0.25) is 0 Å². The molecule has 0 saturated carbocycles. The Morgan fingerprint density at radius 1 is 1.35 bits per heavy atom. The van der Waals surface area contributed by atoms with Gasteiger partial charge in [-0.2, -0.15) is 8.42 Å². The molecule has 0 aromatic heterocycles. The predicted octanol–water partition coefficient (Wildman–Crippen LogP) is -1.68. The van der Waals surface area contributed by atoms with E-state index in [4.69, 9.17) is 14.4 Å². The van der Waals surface area contributed by atoms with E-state index in [1.54, 1.807) is 6.08 Å². The van der Waals surface area contributed by atoms with Crippen molar-refractivity contribution in [2.24, 2.45) is 5.16 Å². The van der Waals surface area contributed by atoms with Crippen LogP contribution in [0.15, 0.2) is 16.6 Å². The Balaban J connectivity index is 2.85. The van der Waals surface area contributed by atoms with Gasteiger partial charge in [0.1, 0.15) is 40.3 Å². The highest BCUT2D eigenvalue weighted by Crippen LogP contribution is 2.30. The lowest BCUT2D eigenvalue weighted by Gasteiger charge is -2.39. The minimum absolute atomic E-state index is 0.0292. The van der Waals surface area contributed by atoms with Gasteiger partial charge in [-0.3, -0.25) is 4.55 Å². The van der Waals surface area contributed by atoms with Gasteiger partial charge in [0.2, 0.25) is 0 Å². The largest absolute Gasteiger partial charge is 0.612 e. The standard InChI is InChI=1S/C12H21NO10S3/c1-25(18)5-3-2-4-8(13-23-26(19,20)21)24-12-11(17)10(16)9(15)7(6-14)22-12/h3,5,7,9-12,14-17H,2,4,6H2,1H3,(H,19,20,21)/b5-3+,13-8+/t7-,9-,10+,11-,12+,25?/m1/s1. The van der Waals surface area contributed by atoms with Crippen LogP contribution < -0.4 is 0 Å². The van der Waals surface area contributed by atoms with E-state index in [1.165, 1.54) is 11.7 Å². The van der Waals surface area contributed by atoms with Crippen LogP contribution in [-0.4, -0.2) is 85.7 Å². The Labute approximate surface area is 157 Å². The lowest BCUT2D eigenvalue weighted by atomic mass is 10.0. The Morgan fingerprint density at radius 3 is 2.54 bits per heavy atom. The smallest absolute Gasteiger partial charge is 0.466 e. The summed E-state index contributed by atoms with van der Waals surface area (Å²) in [4.78, 5) is 0. The van der Waals surface area contributed by atoms with Crippen molar-refractivity contribution in [3.05, 3.63) is 11.5 Å². The summed E-state index contributed by atoms with van der Waals surface area (Å²) in [6.07, 6.45) is -2.50. The number of hydrogen-bond donors (Lipinski definition) is 5. The van der Waals surface area contributed by atoms with Gasteiger partial charge in [0.15, 0.2) is 0 Å². The van der Waals surface area contributed by atoms with Crippen molar-refractivity contribution in [2.45, 2.75) is 42.7 Å². The molecule has 1 aliphatic rings. The molecule has 14 heteroatoms. The van der Waals surface area contributed by atoms with Crippen LogP contribution in [0.4, 0.5) is 0 Å². The highest BCUT2D eigenvalue weighted by atomic mass is 32.3. The van der Waals surface area contributed by atoms with Gasteiger partial charge >= 0.3 is 10.4 Å². The number of rotatable bonds is 8. The third-order valence-electron chi connectivity index (χ3n) is 3.15. The summed E-state index contributed by atoms with van der Waals surface area (Å²) in [5.74, 6) is 0. The molecule has 1 saturated heterocycles. The van der Waals surface area contributed by atoms with Crippen LogP contribution >= 0.6 is 11.8 Å². The van der Waals surface area contributed by atoms with E-state index in [0.29, 0.717) is 11.8 Å². The van der Waals surface area contributed by atoms with Crippen LogP contribution in [0.25, 0.3) is 0 Å². The summed E-state index contributed by atoms with van der Waals surface area (Å²) < 4.78 is 50.2. The molecule has 1 aliphatic heterocycles. The molecule has 0 bridgehead atoms. The number of thioether (sulfide) groups is 1. The molecule has 11 nitrogen and oxygen atoms in total. The summed E-state index contributed by atoms with van der Waals surface area (Å²) in [5, 5.41) is 43.3. The molecule has 152 valence electrons. The van der Waals surface area contributed by atoms with Gasteiger partial charge in [-0.25, -0.2) is 4.28 Å². The predicted molar refractivity (Wildman–Crippen MR) is 93.9 cm³/mol. The van der Waals surface area contributed by atoms with E-state index in [1.807, 2.05) is 0 Å². The van der Waals surface area contributed by atoms with Gasteiger partial charge in [0.25, 0.3) is 0 Å². The van der Waals surface area contributed by atoms with Crippen molar-refractivity contribution in [3.8, 4) is 0 Å². The Bertz CT molecular complexity index is 594. The fourth-order valence-electron chi connectivity index (χ4n) is 1.92. The molecule has 0 radical (unpaired) electrons. The molecule has 26 heavy (non-hydrogen) atoms. The highest BCUT2D eigenvalue weighted by Gasteiger charge is 2.44. The van der Waals surface area contributed by atoms with Crippen molar-refractivity contribution >= 4 is 38.4 Å². The molecule has 0 aliphatic carbocycles. The molecule has 1 fully saturated rings. The average molecular weight is 435 g/mol. The Hall–Kier alpha value is -0.420. The first-order valence-corrected chi connectivity index (χ1v) is 11.1. The van der Waals surface area contributed by atoms with E-state index >= 15 is 0 Å². The van der Waals surface area contributed by atoms with E-state index < -0.39 is 58.0 Å². The van der Waals surface area contributed by atoms with Crippen molar-refractivity contribution in [1.82, 2.24) is 0 Å². The second kappa shape index (κ2) is 10.8. The summed E-state index contributed by atoms with van der Waals surface area (Å²) >= 11 is -0.489. The van der Waals surface area contributed by atoms with Crippen molar-refractivity contribution in [3.63, 3.8) is 0 Å². The van der Waals surface area contributed by atoms with E-state index in [0.717, 1.165) is 0 Å². The number of allylic oxidation sites excluding steroid dienone is 1. The summed E-state index contributed by atoms with van der Waals surface area (Å²) in [6, 6.07) is 0. The van der Waals surface area contributed by atoms with Gasteiger partial charge in [0.05, 0.1) is 12.9 Å². The zero-order valence-electron chi connectivity index (χ0n) is 13.6. The fourth-order valence-corrected chi connectivity index (χ4v) is 3.65. The van der Waals surface area contributed by atoms with Crippen LogP contribution in [0.5, 0.6) is 0 Å². The van der Waals surface area contributed by atoms with E-state index in [-0.39, 0.29) is 17.9 Å². The summed E-state index contributed by atoms with van der Waals surface area (Å²) in [6.45, 7) is -0.624. The van der Waals surface area contributed by atoms with Crippen LogP contribution in [0, 0.1) is 0 Å². The zero-order chi connectivity index (χ0) is 19.9. The number of hydrogen-bond acceptors (Lipinski definition) is 11. The Kier molecular flexibility index (Phi) is 9.81. The maximum absolute atomic E-state index is 11.0. The van der Waals surface area contributed by atoms with Gasteiger partial charge in [-0.15, -0.1) is 0 Å². The molecule has 0 aromatic carbocycles. The minimum atomic E-state index is -4.85. The van der Waals surface area contributed by atoms with Crippen molar-refractivity contribution in [2.75, 3.05) is 12.9 Å². The number of aliphatic hydroxyl groups is 4. The highest BCUT2D eigenvalue weighted by molar-refractivity contribution is 8.14. The topological polar surface area (TPSA) is 189 Å². The monoisotopic (exact) mass is 435 g/mol. The average Bonchev–Trinajstić information content (AvgIpc) is 2.55. The third kappa shape index (κ3) is 8.08. The second-order valence-corrected chi connectivity index (χ2v) is 8.66. The quantitative estimate of drug-likeness (QED) is 0.0963. The van der Waals surface area contributed by atoms with Crippen molar-refractivity contribution in [1.29, 1.82) is 0 Å². The molecule has 1 rings (SSSR count). The first kappa shape index (κ1) is 23.6. The van der Waals surface area contributed by atoms with Crippen molar-refractivity contribution < 1.29 is 47.0 Å². The molecular weight excluding hydrogens is 414 g/mol. The zero-order valence-corrected chi connectivity index (χ0v) is 16.1. The molecule has 0 spiro atoms. The van der Waals surface area contributed by atoms with Gasteiger partial charge in [-0.05, 0) is 23.7 Å². The van der Waals surface area contributed by atoms with E-state index in [2.05, 4.69) is 9.44 Å². The number of aliphatic hydroxyl groups excluding tert-OH is 4. The summed E-state index contributed by atoms with van der Waals surface area (Å²) in [5.41, 5.74) is -1.20. The summed E-state index contributed by atoms with van der Waals surface area (Å²) in [7, 11) is -4.85. The van der Waals surface area contributed by atoms with E-state index in [9.17, 15) is 28.3 Å². The lowest BCUT2D eigenvalue weighted by molar-refractivity contribution is -0.205. The first-order chi connectivity index (χ1) is 12.0. The lowest BCUT2D eigenvalue weighted by Crippen LogP contribution is -2.57. The molecule has 1 unspecified atom stereocenters. The molecular formula is C12H21NO10S3. The van der Waals surface area contributed by atoms with Crippen LogP contribution in [0.1, 0.15) is 12.8 Å². The van der Waals surface area contributed by atoms with Gasteiger partial charge < -0.3 is 29.7 Å². The molecule has 0 aromatic rings. The van der Waals surface area contributed by atoms with Crippen LogP contribution in [-0.2, 0) is 30.6 Å². The molecule has 0 amide bonds. The number of oxime groups is 1. The maximum Gasteiger partial charge on any atom is 0.466 e. The van der Waals surface area contributed by atoms with Gasteiger partial charge in [0, 0.05) is 6.42 Å². The number of nitrogens with zero attached hydrogens (tertiary/aromatic N) is 1. The molecule has 1 heterocycles. The Morgan fingerprint density at radius 2 is 2.00 bits per heavy atom. The fraction of sp³-hybridized carbons (Fsp3) is 0.750. The number of ether oxygens (including phenoxy) is 1. The first-order valence-electron chi connectivity index (χ1n) is 7.24. The maximum atomic E-state index is 11.0. The van der Waals surface area contributed by atoms with Gasteiger partial charge in [-0.1, -0.05) is 16.9 Å². The molecule has 6 atom stereocenters. The SMILES string of the molecule is C[S+]([O-])/C=C/CC/C(=N\OS(=O)(=O)O)S[C@@H]1O[C@H](CO)[C@@H](O)[C@H](O)[C@H]1O. The third-order valence-corrected chi connectivity index (χ3v) is 5.16.